The highest BCUT2D eigenvalue weighted by Crippen LogP contribution is 2.18. The Bertz CT molecular complexity index is 669. The topological polar surface area (TPSA) is 69.7 Å². The maximum absolute atomic E-state index is 12.0. The number of benzene rings is 1. The molecule has 0 fully saturated rings. The van der Waals surface area contributed by atoms with Crippen LogP contribution < -0.4 is 4.74 Å². The molecule has 0 bridgehead atoms. The maximum atomic E-state index is 12.0. The number of esters is 1. The number of hydrogen-bond donors (Lipinski definition) is 0. The summed E-state index contributed by atoms with van der Waals surface area (Å²) in [5.41, 5.74) is 0.739. The molecule has 5 heteroatoms. The van der Waals surface area contributed by atoms with Crippen LogP contribution in [0.15, 0.2) is 42.2 Å². The zero-order chi connectivity index (χ0) is 16.1. The van der Waals surface area contributed by atoms with Gasteiger partial charge in [0.1, 0.15) is 11.5 Å². The standard InChI is InChI=1S/C17H16O5/c1-3-21-13-6-4-5-12(10-13)7-8-14(18)16-15(19)9-11(2)22-17(16)20/h4-10,16H,3H2,1-2H3/b8-7+/t16-/m0/s1. The van der Waals surface area contributed by atoms with Crippen LogP contribution in [0.25, 0.3) is 6.08 Å². The molecule has 1 aromatic rings. The molecule has 0 unspecified atom stereocenters. The number of carbonyl (C=O) groups excluding carboxylic acids is 3. The van der Waals surface area contributed by atoms with Crippen molar-refractivity contribution in [2.45, 2.75) is 13.8 Å². The van der Waals surface area contributed by atoms with E-state index in [2.05, 4.69) is 0 Å². The van der Waals surface area contributed by atoms with E-state index < -0.39 is 23.5 Å². The van der Waals surface area contributed by atoms with Crippen LogP contribution >= 0.6 is 0 Å². The molecule has 1 atom stereocenters. The average Bonchev–Trinajstić information content (AvgIpc) is 2.45. The zero-order valence-electron chi connectivity index (χ0n) is 12.4. The van der Waals surface area contributed by atoms with Gasteiger partial charge in [-0.2, -0.15) is 0 Å². The monoisotopic (exact) mass is 300 g/mol. The molecule has 5 nitrogen and oxygen atoms in total. The fourth-order valence-corrected chi connectivity index (χ4v) is 2.05. The molecule has 0 N–H and O–H groups in total. The molecule has 1 heterocycles. The van der Waals surface area contributed by atoms with Gasteiger partial charge in [-0.15, -0.1) is 0 Å². The van der Waals surface area contributed by atoms with Gasteiger partial charge in [0, 0.05) is 6.08 Å². The smallest absolute Gasteiger partial charge is 0.329 e. The van der Waals surface area contributed by atoms with Gasteiger partial charge < -0.3 is 9.47 Å². The molecule has 0 saturated carbocycles. The Morgan fingerprint density at radius 2 is 2.14 bits per heavy atom. The number of allylic oxidation sites excluding steroid dienone is 3. The second-order valence-electron chi connectivity index (χ2n) is 4.75. The first kappa shape index (κ1) is 15.7. The molecule has 22 heavy (non-hydrogen) atoms. The average molecular weight is 300 g/mol. The van der Waals surface area contributed by atoms with Crippen molar-refractivity contribution in [3.05, 3.63) is 47.7 Å². The highest BCUT2D eigenvalue weighted by atomic mass is 16.5. The molecule has 0 radical (unpaired) electrons. The zero-order valence-corrected chi connectivity index (χ0v) is 12.4. The normalized spacial score (nSPS) is 18.1. The van der Waals surface area contributed by atoms with Crippen molar-refractivity contribution in [3.8, 4) is 5.75 Å². The fourth-order valence-electron chi connectivity index (χ4n) is 2.05. The van der Waals surface area contributed by atoms with Crippen molar-refractivity contribution in [2.75, 3.05) is 6.61 Å². The van der Waals surface area contributed by atoms with Gasteiger partial charge in [0.25, 0.3) is 0 Å². The van der Waals surface area contributed by atoms with Crippen LogP contribution in [0.2, 0.25) is 0 Å². The van der Waals surface area contributed by atoms with Gasteiger partial charge in [-0.1, -0.05) is 18.2 Å². The quantitative estimate of drug-likeness (QED) is 0.474. The number of cyclic esters (lactones) is 1. The first-order chi connectivity index (χ1) is 10.5. The lowest BCUT2D eigenvalue weighted by Gasteiger charge is -2.15. The van der Waals surface area contributed by atoms with Crippen LogP contribution in [0.5, 0.6) is 5.75 Å². The molecular formula is C17H16O5. The van der Waals surface area contributed by atoms with Crippen LogP contribution in [0, 0.1) is 5.92 Å². The lowest BCUT2D eigenvalue weighted by Crippen LogP contribution is -2.34. The third-order valence-corrected chi connectivity index (χ3v) is 3.02. The van der Waals surface area contributed by atoms with E-state index in [1.807, 2.05) is 6.92 Å². The van der Waals surface area contributed by atoms with E-state index in [-0.39, 0.29) is 5.76 Å². The lowest BCUT2D eigenvalue weighted by molar-refractivity contribution is -0.151. The Hall–Kier alpha value is -2.69. The fraction of sp³-hybridized carbons (Fsp3) is 0.235. The third-order valence-electron chi connectivity index (χ3n) is 3.02. The van der Waals surface area contributed by atoms with Gasteiger partial charge in [-0.3, -0.25) is 14.4 Å². The van der Waals surface area contributed by atoms with Crippen LogP contribution in [-0.4, -0.2) is 24.1 Å². The van der Waals surface area contributed by atoms with E-state index in [4.69, 9.17) is 9.47 Å². The highest BCUT2D eigenvalue weighted by Gasteiger charge is 2.36. The summed E-state index contributed by atoms with van der Waals surface area (Å²) in [6.07, 6.45) is 3.91. The summed E-state index contributed by atoms with van der Waals surface area (Å²) in [4.78, 5) is 35.4. The van der Waals surface area contributed by atoms with Crippen molar-refractivity contribution < 1.29 is 23.9 Å². The van der Waals surface area contributed by atoms with E-state index in [1.165, 1.54) is 19.1 Å². The Morgan fingerprint density at radius 3 is 2.82 bits per heavy atom. The van der Waals surface area contributed by atoms with E-state index >= 15 is 0 Å². The van der Waals surface area contributed by atoms with E-state index in [9.17, 15) is 14.4 Å². The van der Waals surface area contributed by atoms with Crippen molar-refractivity contribution in [3.63, 3.8) is 0 Å². The lowest BCUT2D eigenvalue weighted by atomic mass is 9.96. The summed E-state index contributed by atoms with van der Waals surface area (Å²) in [5.74, 6) is -2.50. The summed E-state index contributed by atoms with van der Waals surface area (Å²) < 4.78 is 10.2. The maximum Gasteiger partial charge on any atom is 0.329 e. The number of hydrogen-bond acceptors (Lipinski definition) is 5. The Kier molecular flexibility index (Phi) is 4.88. The number of rotatable bonds is 5. The predicted octanol–water partition coefficient (Wildman–Crippen LogP) is 2.31. The van der Waals surface area contributed by atoms with Gasteiger partial charge in [0.05, 0.1) is 6.61 Å². The summed E-state index contributed by atoms with van der Waals surface area (Å²) in [7, 11) is 0. The van der Waals surface area contributed by atoms with Gasteiger partial charge in [-0.25, -0.2) is 0 Å². The number of ether oxygens (including phenoxy) is 2. The Labute approximate surface area is 128 Å². The SMILES string of the molecule is CCOc1cccc(/C=C/C(=O)[C@H]2C(=O)C=C(C)OC2=O)c1. The molecule has 0 aromatic heterocycles. The molecule has 0 amide bonds. The summed E-state index contributed by atoms with van der Waals surface area (Å²) in [6.45, 7) is 3.91. The molecular weight excluding hydrogens is 284 g/mol. The second kappa shape index (κ2) is 6.85. The molecule has 0 spiro atoms. The summed E-state index contributed by atoms with van der Waals surface area (Å²) in [6, 6.07) is 7.15. The van der Waals surface area contributed by atoms with E-state index in [0.29, 0.717) is 12.4 Å². The minimum absolute atomic E-state index is 0.201. The van der Waals surface area contributed by atoms with Crippen molar-refractivity contribution in [1.29, 1.82) is 0 Å². The van der Waals surface area contributed by atoms with Crippen molar-refractivity contribution in [2.24, 2.45) is 5.92 Å². The van der Waals surface area contributed by atoms with E-state index in [0.717, 1.165) is 11.6 Å². The predicted molar refractivity (Wildman–Crippen MR) is 80.0 cm³/mol. The summed E-state index contributed by atoms with van der Waals surface area (Å²) >= 11 is 0. The van der Waals surface area contributed by atoms with Crippen LogP contribution in [0.4, 0.5) is 0 Å². The largest absolute Gasteiger partial charge is 0.494 e. The van der Waals surface area contributed by atoms with Gasteiger partial charge >= 0.3 is 5.97 Å². The van der Waals surface area contributed by atoms with Crippen LogP contribution in [-0.2, 0) is 19.1 Å². The number of ketones is 2. The van der Waals surface area contributed by atoms with Gasteiger partial charge in [-0.05, 0) is 37.6 Å². The third kappa shape index (κ3) is 3.69. The van der Waals surface area contributed by atoms with Crippen molar-refractivity contribution >= 4 is 23.6 Å². The van der Waals surface area contributed by atoms with Crippen molar-refractivity contribution in [1.82, 2.24) is 0 Å². The number of carbonyl (C=O) groups is 3. The molecule has 1 aromatic carbocycles. The molecule has 0 saturated heterocycles. The van der Waals surface area contributed by atoms with Gasteiger partial charge in [0.2, 0.25) is 0 Å². The Balaban J connectivity index is 2.13. The molecule has 2 rings (SSSR count). The van der Waals surface area contributed by atoms with Crippen LogP contribution in [0.1, 0.15) is 19.4 Å². The minimum Gasteiger partial charge on any atom is -0.494 e. The first-order valence-electron chi connectivity index (χ1n) is 6.90. The molecule has 0 aliphatic carbocycles. The molecule has 1 aliphatic rings. The minimum atomic E-state index is -1.41. The van der Waals surface area contributed by atoms with Crippen LogP contribution in [0.3, 0.4) is 0 Å². The molecule has 1 aliphatic heterocycles. The molecule has 114 valence electrons. The highest BCUT2D eigenvalue weighted by molar-refractivity contribution is 6.25. The summed E-state index contributed by atoms with van der Waals surface area (Å²) in [5, 5.41) is 0. The first-order valence-corrected chi connectivity index (χ1v) is 6.90. The van der Waals surface area contributed by atoms with E-state index in [1.54, 1.807) is 24.3 Å². The second-order valence-corrected chi connectivity index (χ2v) is 4.75. The Morgan fingerprint density at radius 1 is 1.36 bits per heavy atom. The van der Waals surface area contributed by atoms with Gasteiger partial charge in [0.15, 0.2) is 17.5 Å².